The molecule has 0 aromatic carbocycles. The lowest BCUT2D eigenvalue weighted by atomic mass is 10.0. The molecule has 0 spiro atoms. The molecule has 0 radical (unpaired) electrons. The Kier molecular flexibility index (Phi) is 9.09. The molecule has 132 valence electrons. The SMILES string of the molecule is CCc1n[nH]c(=O)c(C(=O)N(C)CCC(N)C(C)C)c1CC.Cl. The highest BCUT2D eigenvalue weighted by atomic mass is 35.5. The average molecular weight is 345 g/mol. The number of nitrogens with zero attached hydrogens (tertiary/aromatic N) is 2. The van der Waals surface area contributed by atoms with Crippen molar-refractivity contribution in [2.45, 2.75) is 53.0 Å². The van der Waals surface area contributed by atoms with Gasteiger partial charge in [-0.15, -0.1) is 12.4 Å². The Bertz CT molecular complexity index is 572. The Morgan fingerprint density at radius 1 is 1.30 bits per heavy atom. The van der Waals surface area contributed by atoms with Crippen LogP contribution in [0.25, 0.3) is 0 Å². The molecule has 0 saturated carbocycles. The van der Waals surface area contributed by atoms with E-state index in [1.165, 1.54) is 0 Å². The first-order valence-electron chi connectivity index (χ1n) is 7.94. The number of aromatic amines is 1. The summed E-state index contributed by atoms with van der Waals surface area (Å²) in [5.41, 5.74) is 7.34. The molecular weight excluding hydrogens is 316 g/mol. The van der Waals surface area contributed by atoms with Gasteiger partial charge in [-0.3, -0.25) is 9.59 Å². The Morgan fingerprint density at radius 3 is 2.39 bits per heavy atom. The molecule has 23 heavy (non-hydrogen) atoms. The summed E-state index contributed by atoms with van der Waals surface area (Å²) in [6.45, 7) is 8.54. The highest BCUT2D eigenvalue weighted by Gasteiger charge is 2.22. The molecule has 6 nitrogen and oxygen atoms in total. The maximum Gasteiger partial charge on any atom is 0.277 e. The van der Waals surface area contributed by atoms with Crippen LogP contribution >= 0.6 is 12.4 Å². The van der Waals surface area contributed by atoms with E-state index in [1.807, 2.05) is 13.8 Å². The van der Waals surface area contributed by atoms with Crippen LogP contribution in [0, 0.1) is 5.92 Å². The summed E-state index contributed by atoms with van der Waals surface area (Å²) < 4.78 is 0. The molecule has 1 unspecified atom stereocenters. The monoisotopic (exact) mass is 344 g/mol. The fraction of sp³-hybridized carbons (Fsp3) is 0.688. The van der Waals surface area contributed by atoms with Crippen molar-refractivity contribution in [2.24, 2.45) is 11.7 Å². The van der Waals surface area contributed by atoms with Crippen molar-refractivity contribution in [1.82, 2.24) is 15.1 Å². The van der Waals surface area contributed by atoms with Crippen LogP contribution in [0.2, 0.25) is 0 Å². The fourth-order valence-electron chi connectivity index (χ4n) is 2.39. The molecule has 0 aliphatic heterocycles. The molecule has 1 amide bonds. The van der Waals surface area contributed by atoms with Crippen LogP contribution in [0.4, 0.5) is 0 Å². The van der Waals surface area contributed by atoms with Crippen molar-refractivity contribution in [2.75, 3.05) is 13.6 Å². The van der Waals surface area contributed by atoms with E-state index in [1.54, 1.807) is 11.9 Å². The zero-order valence-corrected chi connectivity index (χ0v) is 15.5. The van der Waals surface area contributed by atoms with Crippen molar-refractivity contribution < 1.29 is 4.79 Å². The molecule has 0 aliphatic rings. The highest BCUT2D eigenvalue weighted by molar-refractivity contribution is 5.95. The van der Waals surface area contributed by atoms with E-state index in [2.05, 4.69) is 24.0 Å². The number of hydrogen-bond donors (Lipinski definition) is 2. The maximum atomic E-state index is 12.6. The van der Waals surface area contributed by atoms with Gasteiger partial charge >= 0.3 is 0 Å². The lowest BCUT2D eigenvalue weighted by molar-refractivity contribution is 0.0785. The number of H-pyrrole nitrogens is 1. The third kappa shape index (κ3) is 5.32. The zero-order valence-electron chi connectivity index (χ0n) is 14.7. The number of aryl methyl sites for hydroxylation is 1. The van der Waals surface area contributed by atoms with Gasteiger partial charge in [0.15, 0.2) is 0 Å². The van der Waals surface area contributed by atoms with Crippen molar-refractivity contribution in [1.29, 1.82) is 0 Å². The van der Waals surface area contributed by atoms with Crippen molar-refractivity contribution in [3.05, 3.63) is 27.2 Å². The van der Waals surface area contributed by atoms with Crippen LogP contribution in [0.3, 0.4) is 0 Å². The van der Waals surface area contributed by atoms with Gasteiger partial charge in [0.1, 0.15) is 5.56 Å². The van der Waals surface area contributed by atoms with Crippen molar-refractivity contribution in [3.63, 3.8) is 0 Å². The third-order valence-electron chi connectivity index (χ3n) is 4.07. The number of hydrogen-bond acceptors (Lipinski definition) is 4. The topological polar surface area (TPSA) is 92.1 Å². The summed E-state index contributed by atoms with van der Waals surface area (Å²) in [5.74, 6) is 0.108. The Balaban J connectivity index is 0.00000484. The Hall–Kier alpha value is -1.40. The van der Waals surface area contributed by atoms with Gasteiger partial charge in [0.25, 0.3) is 11.5 Å². The van der Waals surface area contributed by atoms with E-state index in [-0.39, 0.29) is 29.9 Å². The third-order valence-corrected chi connectivity index (χ3v) is 4.07. The number of rotatable bonds is 7. The molecule has 1 aromatic heterocycles. The van der Waals surface area contributed by atoms with Crippen molar-refractivity contribution in [3.8, 4) is 0 Å². The predicted octanol–water partition coefficient (Wildman–Crippen LogP) is 1.76. The fourth-order valence-corrected chi connectivity index (χ4v) is 2.39. The first-order valence-corrected chi connectivity index (χ1v) is 7.94. The van der Waals surface area contributed by atoms with Gasteiger partial charge in [0.05, 0.1) is 5.69 Å². The number of carbonyl (C=O) groups is 1. The minimum atomic E-state index is -0.418. The molecule has 0 aliphatic carbocycles. The minimum Gasteiger partial charge on any atom is -0.341 e. The molecule has 1 aromatic rings. The maximum absolute atomic E-state index is 12.6. The van der Waals surface area contributed by atoms with E-state index in [0.29, 0.717) is 31.7 Å². The van der Waals surface area contributed by atoms with Gasteiger partial charge < -0.3 is 10.6 Å². The van der Waals surface area contributed by atoms with Crippen LogP contribution in [-0.4, -0.2) is 40.6 Å². The first-order chi connectivity index (χ1) is 10.3. The minimum absolute atomic E-state index is 0. The molecule has 1 heterocycles. The van der Waals surface area contributed by atoms with E-state index in [4.69, 9.17) is 5.73 Å². The van der Waals surface area contributed by atoms with Crippen LogP contribution in [-0.2, 0) is 12.8 Å². The quantitative estimate of drug-likeness (QED) is 0.788. The second-order valence-corrected chi connectivity index (χ2v) is 5.98. The van der Waals surface area contributed by atoms with E-state index in [0.717, 1.165) is 11.3 Å². The number of halogens is 1. The number of aromatic nitrogens is 2. The summed E-state index contributed by atoms with van der Waals surface area (Å²) in [6, 6.07) is 0.0443. The molecule has 1 atom stereocenters. The molecule has 7 heteroatoms. The van der Waals surface area contributed by atoms with Crippen LogP contribution in [0.1, 0.15) is 55.7 Å². The molecule has 0 saturated heterocycles. The molecule has 1 rings (SSSR count). The summed E-state index contributed by atoms with van der Waals surface area (Å²) in [5, 5.41) is 6.47. The van der Waals surface area contributed by atoms with Crippen LogP contribution in [0.5, 0.6) is 0 Å². The molecule has 0 fully saturated rings. The van der Waals surface area contributed by atoms with E-state index < -0.39 is 5.56 Å². The van der Waals surface area contributed by atoms with E-state index >= 15 is 0 Å². The lowest BCUT2D eigenvalue weighted by Gasteiger charge is -2.22. The standard InChI is InChI=1S/C16H28N4O2.ClH/c1-6-11-13(7-2)18-19-15(21)14(11)16(22)20(5)9-8-12(17)10(3)4;/h10,12H,6-9,17H2,1-5H3,(H,19,21);1H. The zero-order chi connectivity index (χ0) is 16.9. The number of nitrogens with one attached hydrogen (secondary N) is 1. The Morgan fingerprint density at radius 2 is 1.91 bits per heavy atom. The van der Waals surface area contributed by atoms with Gasteiger partial charge in [0, 0.05) is 19.6 Å². The van der Waals surface area contributed by atoms with Gasteiger partial charge in [-0.05, 0) is 30.7 Å². The molecule has 0 bridgehead atoms. The van der Waals surface area contributed by atoms with Gasteiger partial charge in [0.2, 0.25) is 0 Å². The second-order valence-electron chi connectivity index (χ2n) is 5.98. The molecular formula is C16H29ClN4O2. The summed E-state index contributed by atoms with van der Waals surface area (Å²) in [6.07, 6.45) is 2.01. The first kappa shape index (κ1) is 21.6. The largest absolute Gasteiger partial charge is 0.341 e. The normalized spacial score (nSPS) is 12.0. The highest BCUT2D eigenvalue weighted by Crippen LogP contribution is 2.13. The van der Waals surface area contributed by atoms with Gasteiger partial charge in [-0.1, -0.05) is 27.7 Å². The van der Waals surface area contributed by atoms with E-state index in [9.17, 15) is 9.59 Å². The summed E-state index contributed by atoms with van der Waals surface area (Å²) in [7, 11) is 1.71. The summed E-state index contributed by atoms with van der Waals surface area (Å²) >= 11 is 0. The number of nitrogens with two attached hydrogens (primary N) is 1. The lowest BCUT2D eigenvalue weighted by Crippen LogP contribution is -2.37. The van der Waals surface area contributed by atoms with Crippen LogP contribution < -0.4 is 11.3 Å². The second kappa shape index (κ2) is 9.67. The smallest absolute Gasteiger partial charge is 0.277 e. The number of amides is 1. The average Bonchev–Trinajstić information content (AvgIpc) is 2.50. The molecule has 3 N–H and O–H groups in total. The van der Waals surface area contributed by atoms with Crippen LogP contribution in [0.15, 0.2) is 4.79 Å². The van der Waals surface area contributed by atoms with Crippen molar-refractivity contribution >= 4 is 18.3 Å². The van der Waals surface area contributed by atoms with Gasteiger partial charge in [-0.2, -0.15) is 5.10 Å². The number of carbonyl (C=O) groups excluding carboxylic acids is 1. The van der Waals surface area contributed by atoms with Gasteiger partial charge in [-0.25, -0.2) is 5.10 Å². The Labute approximate surface area is 144 Å². The predicted molar refractivity (Wildman–Crippen MR) is 95.3 cm³/mol. The summed E-state index contributed by atoms with van der Waals surface area (Å²) in [4.78, 5) is 26.3.